The van der Waals surface area contributed by atoms with Crippen molar-refractivity contribution in [3.8, 4) is 0 Å². The summed E-state index contributed by atoms with van der Waals surface area (Å²) < 4.78 is 3.55. The Kier molecular flexibility index (Phi) is 5.68. The monoisotopic (exact) mass is 477 g/mol. The number of aromatic nitrogens is 5. The summed E-state index contributed by atoms with van der Waals surface area (Å²) >= 11 is 0. The highest BCUT2D eigenvalue weighted by molar-refractivity contribution is 6.03. The van der Waals surface area contributed by atoms with E-state index in [4.69, 9.17) is 15.1 Å². The third kappa shape index (κ3) is 4.00. The number of aryl methyl sites for hydroxylation is 2. The number of hydrogen-bond acceptors (Lipinski definition) is 4. The molecular formula is C29H29N6O+. The summed E-state index contributed by atoms with van der Waals surface area (Å²) in [5.41, 5.74) is 6.78. The number of para-hydroxylation sites is 2. The van der Waals surface area contributed by atoms with Crippen LogP contribution in [0.5, 0.6) is 0 Å². The van der Waals surface area contributed by atoms with Gasteiger partial charge in [0.2, 0.25) is 11.5 Å². The molecule has 0 radical (unpaired) electrons. The lowest BCUT2D eigenvalue weighted by Gasteiger charge is -2.12. The van der Waals surface area contributed by atoms with Gasteiger partial charge in [-0.3, -0.25) is 0 Å². The number of nitrogens with one attached hydrogen (secondary N) is 1. The molecule has 7 nitrogen and oxygen atoms in total. The highest BCUT2D eigenvalue weighted by Crippen LogP contribution is 2.25. The van der Waals surface area contributed by atoms with Gasteiger partial charge in [-0.2, -0.15) is 0 Å². The minimum Gasteiger partial charge on any atom is -0.250 e. The second-order valence-electron chi connectivity index (χ2n) is 9.60. The molecule has 0 aliphatic heterocycles. The van der Waals surface area contributed by atoms with Gasteiger partial charge in [-0.1, -0.05) is 53.6 Å². The third-order valence-corrected chi connectivity index (χ3v) is 7.01. The summed E-state index contributed by atoms with van der Waals surface area (Å²) in [7, 11) is 0. The number of rotatable bonds is 5. The van der Waals surface area contributed by atoms with E-state index in [1.807, 2.05) is 47.9 Å². The Balaban J connectivity index is 1.56. The minimum atomic E-state index is -0.0586. The quantitative estimate of drug-likeness (QED) is 0.261. The Morgan fingerprint density at radius 3 is 2.67 bits per heavy atom. The van der Waals surface area contributed by atoms with Gasteiger partial charge in [0.25, 0.3) is 5.65 Å². The molecule has 5 aromatic rings. The summed E-state index contributed by atoms with van der Waals surface area (Å²) in [4.78, 5) is 27.1. The van der Waals surface area contributed by atoms with Crippen LogP contribution in [0.25, 0.3) is 33.2 Å². The fourth-order valence-electron chi connectivity index (χ4n) is 5.12. The smallest absolute Gasteiger partial charge is 0.250 e. The van der Waals surface area contributed by atoms with E-state index in [0.717, 1.165) is 47.2 Å². The van der Waals surface area contributed by atoms with Crippen molar-refractivity contribution >= 4 is 39.4 Å². The molecule has 0 atom stereocenters. The molecule has 7 heteroatoms. The van der Waals surface area contributed by atoms with Crippen molar-refractivity contribution in [1.82, 2.24) is 19.2 Å². The van der Waals surface area contributed by atoms with Gasteiger partial charge in [0, 0.05) is 6.92 Å². The van der Waals surface area contributed by atoms with Crippen molar-refractivity contribution in [2.45, 2.75) is 52.5 Å². The zero-order chi connectivity index (χ0) is 24.6. The predicted octanol–water partition coefficient (Wildman–Crippen LogP) is 5.10. The Morgan fingerprint density at radius 1 is 1.06 bits per heavy atom. The molecule has 36 heavy (non-hydrogen) atoms. The van der Waals surface area contributed by atoms with Crippen LogP contribution in [0.4, 0.5) is 0 Å². The number of aromatic amines is 1. The average molecular weight is 478 g/mol. The molecule has 180 valence electrons. The summed E-state index contributed by atoms with van der Waals surface area (Å²) in [6, 6.07) is 15.9. The second kappa shape index (κ2) is 9.15. The molecule has 1 aliphatic rings. The SMILES string of the molecule is Cc1cccc(/C=N/n2c3nc4ccccc4nc3c3c(=O)n(CCC4=CCCCC4)c(C)[nH+]c32)c1. The normalized spacial score (nSPS) is 14.3. The molecule has 0 saturated heterocycles. The summed E-state index contributed by atoms with van der Waals surface area (Å²) in [6.07, 6.45) is 9.80. The van der Waals surface area contributed by atoms with Crippen molar-refractivity contribution in [1.29, 1.82) is 0 Å². The Labute approximate surface area is 208 Å². The standard InChI is InChI=1S/C29H28N6O/c1-19-9-8-12-22(17-19)18-30-35-27-25(26-28(35)33-24-14-7-6-13-23(24)32-26)29(36)34(20(2)31-27)16-15-21-10-4-3-5-11-21/h6-10,12-14,17-18H,3-5,11,15-16H2,1-2H3/p+1/b30-18+. The minimum absolute atomic E-state index is 0.0586. The molecule has 0 saturated carbocycles. The van der Waals surface area contributed by atoms with Crippen LogP contribution in [-0.4, -0.2) is 25.4 Å². The van der Waals surface area contributed by atoms with E-state index < -0.39 is 0 Å². The highest BCUT2D eigenvalue weighted by Gasteiger charge is 2.26. The number of fused-ring (bicyclic) bond motifs is 4. The van der Waals surface area contributed by atoms with Gasteiger partial charge in [-0.15, -0.1) is 9.78 Å². The van der Waals surface area contributed by atoms with E-state index in [1.165, 1.54) is 18.4 Å². The predicted molar refractivity (Wildman–Crippen MR) is 143 cm³/mol. The van der Waals surface area contributed by atoms with E-state index in [0.29, 0.717) is 28.7 Å². The van der Waals surface area contributed by atoms with Crippen LogP contribution in [0.1, 0.15) is 49.1 Å². The van der Waals surface area contributed by atoms with Crippen LogP contribution in [-0.2, 0) is 6.54 Å². The lowest BCUT2D eigenvalue weighted by atomic mass is 9.97. The summed E-state index contributed by atoms with van der Waals surface area (Å²) in [6.45, 7) is 4.64. The second-order valence-corrected chi connectivity index (χ2v) is 9.60. The van der Waals surface area contributed by atoms with Gasteiger partial charge >= 0.3 is 5.56 Å². The molecule has 0 fully saturated rings. The molecule has 6 rings (SSSR count). The molecule has 0 spiro atoms. The molecule has 3 aromatic heterocycles. The maximum Gasteiger partial charge on any atom is 0.323 e. The van der Waals surface area contributed by atoms with Gasteiger partial charge in [0.15, 0.2) is 5.39 Å². The first-order valence-corrected chi connectivity index (χ1v) is 12.6. The first-order valence-electron chi connectivity index (χ1n) is 12.6. The molecule has 1 aliphatic carbocycles. The Morgan fingerprint density at radius 2 is 1.89 bits per heavy atom. The van der Waals surface area contributed by atoms with Crippen molar-refractivity contribution in [3.05, 3.63) is 87.5 Å². The highest BCUT2D eigenvalue weighted by atomic mass is 16.1. The molecule has 0 amide bonds. The lowest BCUT2D eigenvalue weighted by Crippen LogP contribution is -2.31. The number of allylic oxidation sites excluding steroid dienone is 2. The summed E-state index contributed by atoms with van der Waals surface area (Å²) in [5.74, 6) is 0.795. The molecular weight excluding hydrogens is 448 g/mol. The first-order chi connectivity index (χ1) is 17.6. The van der Waals surface area contributed by atoms with E-state index in [2.05, 4.69) is 30.1 Å². The molecule has 0 bridgehead atoms. The maximum absolute atomic E-state index is 13.9. The lowest BCUT2D eigenvalue weighted by molar-refractivity contribution is -0.368. The van der Waals surface area contributed by atoms with Crippen LogP contribution >= 0.6 is 0 Å². The number of hydrogen-bond donors (Lipinski definition) is 0. The van der Waals surface area contributed by atoms with Gasteiger partial charge in [-0.25, -0.2) is 24.3 Å². The van der Waals surface area contributed by atoms with Crippen LogP contribution < -0.4 is 10.5 Å². The Hall–Kier alpha value is -4.13. The van der Waals surface area contributed by atoms with Crippen LogP contribution in [0, 0.1) is 13.8 Å². The van der Waals surface area contributed by atoms with Crippen LogP contribution in [0.15, 0.2) is 70.1 Å². The van der Waals surface area contributed by atoms with Gasteiger partial charge in [-0.05, 0) is 56.7 Å². The largest absolute Gasteiger partial charge is 0.323 e. The van der Waals surface area contributed by atoms with E-state index in [1.54, 1.807) is 10.9 Å². The zero-order valence-corrected chi connectivity index (χ0v) is 20.7. The first kappa shape index (κ1) is 22.3. The van der Waals surface area contributed by atoms with Crippen LogP contribution in [0.2, 0.25) is 0 Å². The van der Waals surface area contributed by atoms with E-state index >= 15 is 0 Å². The van der Waals surface area contributed by atoms with Crippen LogP contribution in [0.3, 0.4) is 0 Å². The topological polar surface area (TPSA) is 79.2 Å². The van der Waals surface area contributed by atoms with Crippen molar-refractivity contribution in [2.75, 3.05) is 0 Å². The van der Waals surface area contributed by atoms with Gasteiger partial charge in [0.1, 0.15) is 5.52 Å². The summed E-state index contributed by atoms with van der Waals surface area (Å²) in [5, 5.41) is 5.29. The van der Waals surface area contributed by atoms with Gasteiger partial charge < -0.3 is 0 Å². The van der Waals surface area contributed by atoms with Crippen molar-refractivity contribution in [2.24, 2.45) is 5.10 Å². The van der Waals surface area contributed by atoms with Crippen molar-refractivity contribution in [3.63, 3.8) is 0 Å². The van der Waals surface area contributed by atoms with E-state index in [9.17, 15) is 4.79 Å². The zero-order valence-electron chi connectivity index (χ0n) is 20.7. The number of benzene rings is 2. The Bertz CT molecular complexity index is 1740. The van der Waals surface area contributed by atoms with E-state index in [-0.39, 0.29) is 5.56 Å². The van der Waals surface area contributed by atoms with Crippen molar-refractivity contribution < 1.29 is 4.98 Å². The number of H-pyrrole nitrogens is 1. The van der Waals surface area contributed by atoms with Gasteiger partial charge in [0.05, 0.1) is 23.8 Å². The fraction of sp³-hybridized carbons (Fsp3) is 0.276. The third-order valence-electron chi connectivity index (χ3n) is 7.01. The molecule has 0 unspecified atom stereocenters. The molecule has 3 heterocycles. The fourth-order valence-corrected chi connectivity index (χ4v) is 5.12. The average Bonchev–Trinajstić information content (AvgIpc) is 3.18. The number of nitrogens with zero attached hydrogens (tertiary/aromatic N) is 5. The molecule has 2 aromatic carbocycles. The maximum atomic E-state index is 13.9. The molecule has 1 N–H and O–H groups in total.